The second-order valence-electron chi connectivity index (χ2n) is 21.0. The number of aromatic nitrogens is 3. The third-order valence-corrected chi connectivity index (χ3v) is 12.4. The quantitative estimate of drug-likeness (QED) is 0.166. The Kier molecular flexibility index (Phi) is 11.3. The lowest BCUT2D eigenvalue weighted by atomic mass is 9.83. The standard InChI is InChI=1S/C59H63N3O/c1-37(2)29-39-21-26-52(49(31-39)41-17-14-13-15-18-41)62-53-20-16-19-48(54(53)61-56(62)50-36-46(58(7,8)9)30-38(3)55(50)63)43-32-44(34-47(33-43)59(10,11)12)51-35-42(27-28-60-51)40-22-24-45(25-23-40)57(4,5)6/h13-28,30-37,63H,29H2,1-12H3. The Labute approximate surface area is 375 Å². The summed E-state index contributed by atoms with van der Waals surface area (Å²) in [5.74, 6) is 1.46. The van der Waals surface area contributed by atoms with Crippen LogP contribution in [0.4, 0.5) is 0 Å². The van der Waals surface area contributed by atoms with Crippen LogP contribution in [0.1, 0.15) is 104 Å². The maximum absolute atomic E-state index is 12.0. The van der Waals surface area contributed by atoms with Gasteiger partial charge in [-0.25, -0.2) is 4.98 Å². The van der Waals surface area contributed by atoms with Crippen molar-refractivity contribution < 1.29 is 5.11 Å². The molecule has 320 valence electrons. The highest BCUT2D eigenvalue weighted by Gasteiger charge is 2.26. The first-order chi connectivity index (χ1) is 29.8. The minimum absolute atomic E-state index is 0.0865. The average molecular weight is 830 g/mol. The molecule has 8 rings (SSSR count). The van der Waals surface area contributed by atoms with Crippen LogP contribution in [-0.2, 0) is 22.7 Å². The van der Waals surface area contributed by atoms with Gasteiger partial charge in [-0.2, -0.15) is 0 Å². The van der Waals surface area contributed by atoms with Gasteiger partial charge in [-0.05, 0) is 134 Å². The van der Waals surface area contributed by atoms with Crippen molar-refractivity contribution in [2.45, 2.75) is 106 Å². The number of aryl methyl sites for hydroxylation is 1. The van der Waals surface area contributed by atoms with Crippen molar-refractivity contribution in [2.24, 2.45) is 5.92 Å². The molecular formula is C59H63N3O. The first kappa shape index (κ1) is 43.4. The maximum Gasteiger partial charge on any atom is 0.149 e. The van der Waals surface area contributed by atoms with Gasteiger partial charge < -0.3 is 5.11 Å². The minimum Gasteiger partial charge on any atom is -0.507 e. The maximum atomic E-state index is 12.0. The zero-order valence-corrected chi connectivity index (χ0v) is 39.4. The van der Waals surface area contributed by atoms with E-state index in [1.165, 1.54) is 22.3 Å². The Balaban J connectivity index is 1.39. The van der Waals surface area contributed by atoms with Gasteiger partial charge >= 0.3 is 0 Å². The molecule has 0 bridgehead atoms. The Morgan fingerprint density at radius 1 is 0.540 bits per heavy atom. The monoisotopic (exact) mass is 829 g/mol. The van der Waals surface area contributed by atoms with Crippen LogP contribution >= 0.6 is 0 Å². The number of hydrogen-bond donors (Lipinski definition) is 1. The summed E-state index contributed by atoms with van der Waals surface area (Å²) in [5, 5.41) is 12.0. The van der Waals surface area contributed by atoms with Crippen LogP contribution in [0.5, 0.6) is 5.75 Å². The molecule has 2 heterocycles. The van der Waals surface area contributed by atoms with Gasteiger partial charge in [-0.15, -0.1) is 0 Å². The predicted octanol–water partition coefficient (Wildman–Crippen LogP) is 15.9. The molecule has 0 spiro atoms. The molecule has 1 N–H and O–H groups in total. The van der Waals surface area contributed by atoms with Crippen LogP contribution in [-0.4, -0.2) is 19.6 Å². The smallest absolute Gasteiger partial charge is 0.149 e. The summed E-state index contributed by atoms with van der Waals surface area (Å²) in [6.07, 6.45) is 2.90. The summed E-state index contributed by atoms with van der Waals surface area (Å²) in [5.41, 5.74) is 17.8. The van der Waals surface area contributed by atoms with E-state index in [1.807, 2.05) is 13.1 Å². The van der Waals surface area contributed by atoms with E-state index in [2.05, 4.69) is 214 Å². The summed E-state index contributed by atoms with van der Waals surface area (Å²) >= 11 is 0. The molecule has 2 aromatic heterocycles. The van der Waals surface area contributed by atoms with Gasteiger partial charge in [0.15, 0.2) is 0 Å². The van der Waals surface area contributed by atoms with Gasteiger partial charge in [-0.3, -0.25) is 9.55 Å². The fourth-order valence-corrected chi connectivity index (χ4v) is 8.66. The van der Waals surface area contributed by atoms with Crippen LogP contribution < -0.4 is 0 Å². The highest BCUT2D eigenvalue weighted by molar-refractivity contribution is 5.98. The third-order valence-electron chi connectivity index (χ3n) is 12.4. The molecule has 0 unspecified atom stereocenters. The van der Waals surface area contributed by atoms with Crippen molar-refractivity contribution >= 4 is 11.0 Å². The van der Waals surface area contributed by atoms with E-state index < -0.39 is 0 Å². The highest BCUT2D eigenvalue weighted by atomic mass is 16.3. The van der Waals surface area contributed by atoms with Gasteiger partial charge in [0.05, 0.1) is 28.0 Å². The number of imidazole rings is 1. The van der Waals surface area contributed by atoms with Crippen molar-refractivity contribution in [3.05, 3.63) is 167 Å². The Hall–Kier alpha value is -6.26. The van der Waals surface area contributed by atoms with Crippen LogP contribution in [0.2, 0.25) is 0 Å². The van der Waals surface area contributed by atoms with Crippen molar-refractivity contribution in [3.63, 3.8) is 0 Å². The number of fused-ring (bicyclic) bond motifs is 1. The van der Waals surface area contributed by atoms with Crippen LogP contribution in [0, 0.1) is 12.8 Å². The lowest BCUT2D eigenvalue weighted by molar-refractivity contribution is 0.471. The second kappa shape index (κ2) is 16.5. The molecule has 0 radical (unpaired) electrons. The number of phenols is 1. The molecule has 4 nitrogen and oxygen atoms in total. The normalized spacial score (nSPS) is 12.4. The SMILES string of the molecule is Cc1cc(C(C)(C)C)cc(-c2nc3c(-c4cc(-c5cc(-c6ccc(C(C)(C)C)cc6)ccn5)cc(C(C)(C)C)c4)cccc3n2-c2ccc(CC(C)C)cc2-c2ccccc2)c1O. The van der Waals surface area contributed by atoms with E-state index in [0.717, 1.165) is 73.3 Å². The first-order valence-electron chi connectivity index (χ1n) is 22.5. The fourth-order valence-electron chi connectivity index (χ4n) is 8.66. The summed E-state index contributed by atoms with van der Waals surface area (Å²) in [4.78, 5) is 10.6. The number of nitrogens with zero attached hydrogens (tertiary/aromatic N) is 3. The fraction of sp³-hybridized carbons (Fsp3) is 0.288. The van der Waals surface area contributed by atoms with Gasteiger partial charge in [0.25, 0.3) is 0 Å². The topological polar surface area (TPSA) is 50.9 Å². The zero-order chi connectivity index (χ0) is 45.0. The van der Waals surface area contributed by atoms with E-state index in [9.17, 15) is 5.11 Å². The molecule has 0 aliphatic rings. The zero-order valence-electron chi connectivity index (χ0n) is 39.4. The number of para-hydroxylation sites is 1. The molecule has 0 fully saturated rings. The largest absolute Gasteiger partial charge is 0.507 e. The van der Waals surface area contributed by atoms with Gasteiger partial charge in [0.2, 0.25) is 0 Å². The summed E-state index contributed by atoms with van der Waals surface area (Å²) in [6.45, 7) is 26.7. The van der Waals surface area contributed by atoms with E-state index in [1.54, 1.807) is 0 Å². The van der Waals surface area contributed by atoms with Gasteiger partial charge in [0, 0.05) is 22.9 Å². The predicted molar refractivity (Wildman–Crippen MR) is 267 cm³/mol. The molecule has 0 aliphatic heterocycles. The number of aromatic hydroxyl groups is 1. The van der Waals surface area contributed by atoms with E-state index >= 15 is 0 Å². The molecule has 0 saturated carbocycles. The molecular weight excluding hydrogens is 767 g/mol. The number of hydrogen-bond acceptors (Lipinski definition) is 3. The van der Waals surface area contributed by atoms with E-state index in [4.69, 9.17) is 9.97 Å². The number of pyridine rings is 1. The number of rotatable bonds is 8. The molecule has 0 aliphatic carbocycles. The lowest BCUT2D eigenvalue weighted by Crippen LogP contribution is -2.12. The molecule has 8 aromatic rings. The highest BCUT2D eigenvalue weighted by Crippen LogP contribution is 2.44. The molecule has 6 aromatic carbocycles. The van der Waals surface area contributed by atoms with E-state index in [0.29, 0.717) is 17.3 Å². The van der Waals surface area contributed by atoms with Crippen molar-refractivity contribution in [2.75, 3.05) is 0 Å². The summed E-state index contributed by atoms with van der Waals surface area (Å²) in [6, 6.07) is 48.4. The Bertz CT molecular complexity index is 2950. The van der Waals surface area contributed by atoms with Gasteiger partial charge in [0.1, 0.15) is 11.6 Å². The lowest BCUT2D eigenvalue weighted by Gasteiger charge is -2.22. The minimum atomic E-state index is -0.145. The third kappa shape index (κ3) is 8.87. The first-order valence-corrected chi connectivity index (χ1v) is 22.5. The molecule has 0 amide bonds. The van der Waals surface area contributed by atoms with Crippen LogP contribution in [0.25, 0.3) is 72.7 Å². The second-order valence-corrected chi connectivity index (χ2v) is 21.0. The number of phenolic OH excluding ortho intramolecular Hbond substituents is 1. The van der Waals surface area contributed by atoms with E-state index in [-0.39, 0.29) is 22.0 Å². The Morgan fingerprint density at radius 3 is 1.87 bits per heavy atom. The molecule has 0 atom stereocenters. The molecule has 4 heteroatoms. The van der Waals surface area contributed by atoms with Crippen LogP contribution in [0.15, 0.2) is 140 Å². The molecule has 0 saturated heterocycles. The number of benzene rings is 6. The average Bonchev–Trinajstić information content (AvgIpc) is 3.63. The van der Waals surface area contributed by atoms with Gasteiger partial charge in [-0.1, -0.05) is 161 Å². The summed E-state index contributed by atoms with van der Waals surface area (Å²) in [7, 11) is 0. The summed E-state index contributed by atoms with van der Waals surface area (Å²) < 4.78 is 2.28. The van der Waals surface area contributed by atoms with Crippen molar-refractivity contribution in [1.29, 1.82) is 0 Å². The Morgan fingerprint density at radius 2 is 1.21 bits per heavy atom. The van der Waals surface area contributed by atoms with Crippen molar-refractivity contribution in [3.8, 4) is 67.5 Å². The molecule has 63 heavy (non-hydrogen) atoms. The van der Waals surface area contributed by atoms with Crippen molar-refractivity contribution in [1.82, 2.24) is 14.5 Å². The van der Waals surface area contributed by atoms with Crippen LogP contribution in [0.3, 0.4) is 0 Å².